The van der Waals surface area contributed by atoms with Crippen LogP contribution in [-0.2, 0) is 14.3 Å². The van der Waals surface area contributed by atoms with Gasteiger partial charge in [-0.05, 0) is 26.3 Å². The molecule has 24 heavy (non-hydrogen) atoms. The van der Waals surface area contributed by atoms with E-state index in [1.54, 1.807) is 19.9 Å². The Morgan fingerprint density at radius 3 is 2.38 bits per heavy atom. The Hall–Kier alpha value is -2.96. The molecule has 0 saturated heterocycles. The lowest BCUT2D eigenvalue weighted by Gasteiger charge is -2.30. The number of allylic oxidation sites excluding steroid dienone is 3. The number of rotatable bonds is 4. The molecule has 1 heterocycles. The number of non-ortho nitro benzene ring substituents is 1. The summed E-state index contributed by atoms with van der Waals surface area (Å²) in [6.45, 7) is 4.84. The van der Waals surface area contributed by atoms with Crippen molar-refractivity contribution in [2.24, 2.45) is 0 Å². The maximum atomic E-state index is 12.3. The zero-order chi connectivity index (χ0) is 18.0. The second-order valence-corrected chi connectivity index (χ2v) is 5.54. The summed E-state index contributed by atoms with van der Waals surface area (Å²) in [7, 11) is 1.26. The third-order valence-electron chi connectivity index (χ3n) is 3.96. The minimum Gasteiger partial charge on any atom is -0.466 e. The number of esters is 1. The van der Waals surface area contributed by atoms with Gasteiger partial charge in [0.2, 0.25) is 0 Å². The van der Waals surface area contributed by atoms with Crippen molar-refractivity contribution in [1.82, 2.24) is 5.32 Å². The molecule has 0 aromatic heterocycles. The highest BCUT2D eigenvalue weighted by molar-refractivity contribution is 6.02. The fourth-order valence-electron chi connectivity index (χ4n) is 2.99. The normalized spacial score (nSPS) is 17.4. The predicted octanol–water partition coefficient (Wildman–Crippen LogP) is 2.59. The molecule has 1 aromatic rings. The molecule has 0 spiro atoms. The first-order valence-corrected chi connectivity index (χ1v) is 7.30. The van der Waals surface area contributed by atoms with Crippen LogP contribution in [0.5, 0.6) is 0 Å². The number of hydrogen-bond acceptors (Lipinski definition) is 6. The Morgan fingerprint density at radius 1 is 1.21 bits per heavy atom. The summed E-state index contributed by atoms with van der Waals surface area (Å²) in [4.78, 5) is 35.0. The Kier molecular flexibility index (Phi) is 4.82. The Balaban J connectivity index is 2.72. The van der Waals surface area contributed by atoms with Gasteiger partial charge in [0.25, 0.3) is 5.69 Å². The van der Waals surface area contributed by atoms with Gasteiger partial charge in [0, 0.05) is 35.0 Å². The average molecular weight is 330 g/mol. The molecule has 1 aliphatic heterocycles. The van der Waals surface area contributed by atoms with Crippen LogP contribution in [0.25, 0.3) is 0 Å². The van der Waals surface area contributed by atoms with Gasteiger partial charge in [0.1, 0.15) is 0 Å². The lowest BCUT2D eigenvalue weighted by Crippen LogP contribution is -2.31. The van der Waals surface area contributed by atoms with E-state index >= 15 is 0 Å². The highest BCUT2D eigenvalue weighted by atomic mass is 16.6. The molecular weight excluding hydrogens is 312 g/mol. The van der Waals surface area contributed by atoms with E-state index in [-0.39, 0.29) is 17.0 Å². The molecule has 1 atom stereocenters. The summed E-state index contributed by atoms with van der Waals surface area (Å²) in [6.07, 6.45) is 0. The largest absolute Gasteiger partial charge is 0.466 e. The second-order valence-electron chi connectivity index (χ2n) is 5.54. The quantitative estimate of drug-likeness (QED) is 0.517. The van der Waals surface area contributed by atoms with Crippen molar-refractivity contribution in [3.05, 3.63) is 62.5 Å². The van der Waals surface area contributed by atoms with Crippen LogP contribution in [-0.4, -0.2) is 23.8 Å². The maximum absolute atomic E-state index is 12.3. The summed E-state index contributed by atoms with van der Waals surface area (Å²) in [5.74, 6) is -1.51. The standard InChI is InChI=1S/C17H18N2O5/c1-9-14(11(3)20)16(15(10(2)18-9)17(21)24-4)12-6-5-7-13(8-12)19(22)23/h5-8,16,18H,1-4H3/t16-/m1/s1. The van der Waals surface area contributed by atoms with Gasteiger partial charge >= 0.3 is 5.97 Å². The van der Waals surface area contributed by atoms with Crippen LogP contribution in [0.2, 0.25) is 0 Å². The van der Waals surface area contributed by atoms with Crippen LogP contribution in [0.1, 0.15) is 32.3 Å². The molecule has 0 bridgehead atoms. The number of methoxy groups -OCH3 is 1. The molecule has 1 N–H and O–H groups in total. The first kappa shape index (κ1) is 17.4. The van der Waals surface area contributed by atoms with Crippen molar-refractivity contribution in [1.29, 1.82) is 0 Å². The number of ether oxygens (including phenoxy) is 1. The Bertz CT molecular complexity index is 792. The van der Waals surface area contributed by atoms with Gasteiger partial charge in [-0.1, -0.05) is 12.1 Å². The van der Waals surface area contributed by atoms with E-state index in [1.165, 1.54) is 32.2 Å². The number of carbonyl (C=O) groups is 2. The number of hydrogen-bond donors (Lipinski definition) is 1. The molecule has 0 amide bonds. The van der Waals surface area contributed by atoms with E-state index < -0.39 is 16.8 Å². The molecule has 1 aliphatic rings. The van der Waals surface area contributed by atoms with Gasteiger partial charge in [-0.2, -0.15) is 0 Å². The Morgan fingerprint density at radius 2 is 1.83 bits per heavy atom. The molecule has 0 unspecified atom stereocenters. The third kappa shape index (κ3) is 3.05. The fraction of sp³-hybridized carbons (Fsp3) is 0.294. The highest BCUT2D eigenvalue weighted by Crippen LogP contribution is 2.39. The van der Waals surface area contributed by atoms with Gasteiger partial charge in [-0.15, -0.1) is 0 Å². The van der Waals surface area contributed by atoms with Crippen molar-refractivity contribution >= 4 is 17.4 Å². The van der Waals surface area contributed by atoms with E-state index in [9.17, 15) is 19.7 Å². The number of nitrogens with zero attached hydrogens (tertiary/aromatic N) is 1. The van der Waals surface area contributed by atoms with Crippen molar-refractivity contribution in [2.45, 2.75) is 26.7 Å². The molecule has 1 aromatic carbocycles. The van der Waals surface area contributed by atoms with Crippen LogP contribution < -0.4 is 5.32 Å². The number of dihydropyridines is 1. The zero-order valence-electron chi connectivity index (χ0n) is 13.9. The molecule has 0 saturated carbocycles. The van der Waals surface area contributed by atoms with Crippen molar-refractivity contribution in [2.75, 3.05) is 7.11 Å². The predicted molar refractivity (Wildman–Crippen MR) is 87.1 cm³/mol. The number of benzene rings is 1. The summed E-state index contributed by atoms with van der Waals surface area (Å²) in [5, 5.41) is 14.1. The molecule has 126 valence electrons. The summed E-state index contributed by atoms with van der Waals surface area (Å²) >= 11 is 0. The van der Waals surface area contributed by atoms with E-state index in [0.717, 1.165) is 0 Å². The van der Waals surface area contributed by atoms with Crippen molar-refractivity contribution < 1.29 is 19.2 Å². The van der Waals surface area contributed by atoms with E-state index in [1.807, 2.05) is 0 Å². The fourth-order valence-corrected chi connectivity index (χ4v) is 2.99. The van der Waals surface area contributed by atoms with E-state index in [0.29, 0.717) is 22.5 Å². The van der Waals surface area contributed by atoms with Crippen LogP contribution in [0.15, 0.2) is 46.8 Å². The first-order valence-electron chi connectivity index (χ1n) is 7.30. The van der Waals surface area contributed by atoms with Gasteiger partial charge in [0.15, 0.2) is 5.78 Å². The summed E-state index contributed by atoms with van der Waals surface area (Å²) in [5.41, 5.74) is 2.23. The third-order valence-corrected chi connectivity index (χ3v) is 3.96. The highest BCUT2D eigenvalue weighted by Gasteiger charge is 2.36. The van der Waals surface area contributed by atoms with Crippen LogP contribution in [0, 0.1) is 10.1 Å². The lowest BCUT2D eigenvalue weighted by atomic mass is 9.79. The number of ketones is 1. The van der Waals surface area contributed by atoms with Crippen LogP contribution in [0.3, 0.4) is 0 Å². The molecule has 2 rings (SSSR count). The zero-order valence-corrected chi connectivity index (χ0v) is 13.9. The molecule has 0 radical (unpaired) electrons. The minimum atomic E-state index is -0.712. The Labute approximate surface area is 139 Å². The molecule has 7 heteroatoms. The molecule has 7 nitrogen and oxygen atoms in total. The number of nitro groups is 1. The second kappa shape index (κ2) is 6.66. The smallest absolute Gasteiger partial charge is 0.336 e. The van der Waals surface area contributed by atoms with Gasteiger partial charge in [-0.25, -0.2) is 4.79 Å². The van der Waals surface area contributed by atoms with Crippen molar-refractivity contribution in [3.8, 4) is 0 Å². The van der Waals surface area contributed by atoms with E-state index in [2.05, 4.69) is 5.32 Å². The number of carbonyl (C=O) groups excluding carboxylic acids is 2. The lowest BCUT2D eigenvalue weighted by molar-refractivity contribution is -0.384. The van der Waals surface area contributed by atoms with Gasteiger partial charge in [-0.3, -0.25) is 14.9 Å². The number of Topliss-reactive ketones (excluding diaryl/α,β-unsaturated/α-hetero) is 1. The summed E-state index contributed by atoms with van der Waals surface area (Å²) < 4.78 is 4.85. The van der Waals surface area contributed by atoms with Gasteiger partial charge < -0.3 is 10.1 Å². The first-order chi connectivity index (χ1) is 11.3. The number of nitro benzene ring substituents is 1. The van der Waals surface area contributed by atoms with Crippen LogP contribution >= 0.6 is 0 Å². The SMILES string of the molecule is COC(=O)C1=C(C)NC(C)=C(C(C)=O)[C@H]1c1cccc([N+](=O)[O-])c1. The van der Waals surface area contributed by atoms with Gasteiger partial charge in [0.05, 0.1) is 17.6 Å². The van der Waals surface area contributed by atoms with Crippen molar-refractivity contribution in [3.63, 3.8) is 0 Å². The molecule has 0 fully saturated rings. The molecular formula is C17H18N2O5. The average Bonchev–Trinajstić information content (AvgIpc) is 2.53. The number of nitrogens with one attached hydrogen (secondary N) is 1. The minimum absolute atomic E-state index is 0.103. The van der Waals surface area contributed by atoms with E-state index in [4.69, 9.17) is 4.74 Å². The monoisotopic (exact) mass is 330 g/mol. The molecule has 0 aliphatic carbocycles. The topological polar surface area (TPSA) is 98.5 Å². The summed E-state index contributed by atoms with van der Waals surface area (Å²) in [6, 6.07) is 5.94. The van der Waals surface area contributed by atoms with Crippen LogP contribution in [0.4, 0.5) is 5.69 Å². The maximum Gasteiger partial charge on any atom is 0.336 e.